The minimum absolute atomic E-state index is 0.252. The fraction of sp³-hybridized carbons (Fsp3) is 0.200. The van der Waals surface area contributed by atoms with Crippen LogP contribution in [0, 0.1) is 6.92 Å². The first-order chi connectivity index (χ1) is 12.5. The first kappa shape index (κ1) is 17.9. The summed E-state index contributed by atoms with van der Waals surface area (Å²) in [6, 6.07) is 15.3. The molecule has 3 rings (SSSR count). The zero-order valence-corrected chi connectivity index (χ0v) is 15.7. The number of hydrogen-bond donors (Lipinski definition) is 1. The lowest BCUT2D eigenvalue weighted by Crippen LogP contribution is -2.30. The van der Waals surface area contributed by atoms with Crippen molar-refractivity contribution in [2.75, 3.05) is 12.4 Å². The second kappa shape index (κ2) is 8.01. The molecule has 1 amide bonds. The van der Waals surface area contributed by atoms with E-state index in [-0.39, 0.29) is 5.91 Å². The van der Waals surface area contributed by atoms with Gasteiger partial charge in [0, 0.05) is 17.0 Å². The summed E-state index contributed by atoms with van der Waals surface area (Å²) in [7, 11) is 1.59. The average molecular weight is 368 g/mol. The number of nitrogens with one attached hydrogen (secondary N) is 1. The molecule has 0 aliphatic heterocycles. The number of carbonyl (C=O) groups excluding carboxylic acids is 1. The summed E-state index contributed by atoms with van der Waals surface area (Å²) >= 11 is 1.39. The number of carbonyl (C=O) groups is 1. The maximum atomic E-state index is 12.4. The molecule has 0 bridgehead atoms. The monoisotopic (exact) mass is 368 g/mol. The van der Waals surface area contributed by atoms with Gasteiger partial charge in [-0.05, 0) is 26.0 Å². The molecule has 2 aromatic carbocycles. The van der Waals surface area contributed by atoms with Gasteiger partial charge in [-0.3, -0.25) is 10.1 Å². The van der Waals surface area contributed by atoms with E-state index >= 15 is 0 Å². The number of amides is 1. The Bertz CT molecular complexity index is 890. The van der Waals surface area contributed by atoms with Gasteiger partial charge < -0.3 is 9.47 Å². The predicted molar refractivity (Wildman–Crippen MR) is 104 cm³/mol. The Morgan fingerprint density at radius 2 is 1.88 bits per heavy atom. The molecule has 1 heterocycles. The summed E-state index contributed by atoms with van der Waals surface area (Å²) in [4.78, 5) is 16.8. The van der Waals surface area contributed by atoms with Crippen molar-refractivity contribution >= 4 is 22.4 Å². The number of methoxy groups -OCH3 is 1. The second-order valence-electron chi connectivity index (χ2n) is 5.83. The number of aryl methyl sites for hydroxylation is 1. The van der Waals surface area contributed by atoms with Crippen molar-refractivity contribution in [1.29, 1.82) is 0 Å². The minimum atomic E-state index is -0.658. The molecule has 1 aromatic heterocycles. The number of nitrogens with zero attached hydrogens (tertiary/aromatic N) is 1. The number of aromatic nitrogens is 1. The van der Waals surface area contributed by atoms with Gasteiger partial charge >= 0.3 is 0 Å². The third-order valence-corrected chi connectivity index (χ3v) is 4.56. The SMILES string of the molecule is COc1cccc(OC(C)C(=O)Nc2nc(-c3ccc(C)cc3)cs2)c1. The Hall–Kier alpha value is -2.86. The van der Waals surface area contributed by atoms with Gasteiger partial charge in [-0.25, -0.2) is 4.98 Å². The molecule has 0 aliphatic rings. The lowest BCUT2D eigenvalue weighted by atomic mass is 10.1. The molecule has 3 aromatic rings. The highest BCUT2D eigenvalue weighted by Gasteiger charge is 2.17. The number of thiazole rings is 1. The van der Waals surface area contributed by atoms with Gasteiger partial charge in [-0.2, -0.15) is 0 Å². The van der Waals surface area contributed by atoms with Crippen molar-refractivity contribution in [2.45, 2.75) is 20.0 Å². The highest BCUT2D eigenvalue weighted by molar-refractivity contribution is 7.14. The van der Waals surface area contributed by atoms with Crippen LogP contribution in [0.25, 0.3) is 11.3 Å². The molecule has 0 saturated heterocycles. The molecule has 0 spiro atoms. The van der Waals surface area contributed by atoms with Crippen molar-refractivity contribution in [3.8, 4) is 22.8 Å². The first-order valence-electron chi connectivity index (χ1n) is 8.19. The Labute approximate surface area is 156 Å². The van der Waals surface area contributed by atoms with Crippen LogP contribution in [0.1, 0.15) is 12.5 Å². The van der Waals surface area contributed by atoms with E-state index in [9.17, 15) is 4.79 Å². The summed E-state index contributed by atoms with van der Waals surface area (Å²) in [5.41, 5.74) is 3.06. The molecule has 0 saturated carbocycles. The fourth-order valence-corrected chi connectivity index (χ4v) is 3.05. The molecule has 134 valence electrons. The first-order valence-corrected chi connectivity index (χ1v) is 9.07. The van der Waals surface area contributed by atoms with Crippen LogP contribution in [-0.4, -0.2) is 24.1 Å². The van der Waals surface area contributed by atoms with Gasteiger partial charge in [0.1, 0.15) is 11.5 Å². The van der Waals surface area contributed by atoms with Gasteiger partial charge in [0.25, 0.3) is 5.91 Å². The fourth-order valence-electron chi connectivity index (χ4n) is 2.33. The molecule has 1 N–H and O–H groups in total. The zero-order chi connectivity index (χ0) is 18.5. The van der Waals surface area contributed by atoms with Crippen LogP contribution in [0.3, 0.4) is 0 Å². The van der Waals surface area contributed by atoms with Crippen molar-refractivity contribution in [3.63, 3.8) is 0 Å². The summed E-state index contributed by atoms with van der Waals surface area (Å²) in [6.45, 7) is 3.74. The van der Waals surface area contributed by atoms with E-state index < -0.39 is 6.10 Å². The molecule has 0 fully saturated rings. The zero-order valence-electron chi connectivity index (χ0n) is 14.9. The summed E-state index contributed by atoms with van der Waals surface area (Å²) in [6.07, 6.45) is -0.658. The Kier molecular flexibility index (Phi) is 5.53. The summed E-state index contributed by atoms with van der Waals surface area (Å²) in [5, 5.41) is 5.28. The van der Waals surface area contributed by atoms with Crippen LogP contribution >= 0.6 is 11.3 Å². The minimum Gasteiger partial charge on any atom is -0.497 e. The molecule has 1 unspecified atom stereocenters. The maximum absolute atomic E-state index is 12.4. The molecular weight excluding hydrogens is 348 g/mol. The van der Waals surface area contributed by atoms with Gasteiger partial charge in [0.15, 0.2) is 11.2 Å². The van der Waals surface area contributed by atoms with E-state index in [1.54, 1.807) is 26.2 Å². The van der Waals surface area contributed by atoms with Crippen LogP contribution in [0.15, 0.2) is 53.9 Å². The van der Waals surface area contributed by atoms with Crippen molar-refractivity contribution in [2.24, 2.45) is 0 Å². The normalized spacial score (nSPS) is 11.7. The van der Waals surface area contributed by atoms with E-state index in [4.69, 9.17) is 9.47 Å². The van der Waals surface area contributed by atoms with E-state index in [0.717, 1.165) is 11.3 Å². The quantitative estimate of drug-likeness (QED) is 0.694. The third kappa shape index (κ3) is 4.40. The van der Waals surface area contributed by atoms with Crippen LogP contribution in [-0.2, 0) is 4.79 Å². The smallest absolute Gasteiger partial charge is 0.266 e. The lowest BCUT2D eigenvalue weighted by Gasteiger charge is -2.14. The van der Waals surface area contributed by atoms with Gasteiger partial charge in [0.2, 0.25) is 0 Å². The number of hydrogen-bond acceptors (Lipinski definition) is 5. The van der Waals surface area contributed by atoms with Crippen molar-refractivity contribution in [1.82, 2.24) is 4.98 Å². The Morgan fingerprint density at radius 3 is 2.62 bits per heavy atom. The highest BCUT2D eigenvalue weighted by Crippen LogP contribution is 2.25. The topological polar surface area (TPSA) is 60.5 Å². The van der Waals surface area contributed by atoms with Crippen LogP contribution < -0.4 is 14.8 Å². The number of ether oxygens (including phenoxy) is 2. The van der Waals surface area contributed by atoms with E-state index in [1.165, 1.54) is 16.9 Å². The molecule has 0 radical (unpaired) electrons. The van der Waals surface area contributed by atoms with Crippen LogP contribution in [0.5, 0.6) is 11.5 Å². The predicted octanol–water partition coefficient (Wildman–Crippen LogP) is 4.53. The number of benzene rings is 2. The number of anilines is 1. The van der Waals surface area contributed by atoms with E-state index in [2.05, 4.69) is 10.3 Å². The molecule has 0 aliphatic carbocycles. The summed E-state index contributed by atoms with van der Waals surface area (Å²) in [5.74, 6) is 1.00. The lowest BCUT2D eigenvalue weighted by molar-refractivity contribution is -0.122. The average Bonchev–Trinajstić information content (AvgIpc) is 3.11. The molecule has 6 heteroatoms. The second-order valence-corrected chi connectivity index (χ2v) is 6.69. The third-order valence-electron chi connectivity index (χ3n) is 3.80. The van der Waals surface area contributed by atoms with Gasteiger partial charge in [-0.1, -0.05) is 35.9 Å². The molecule has 5 nitrogen and oxygen atoms in total. The van der Waals surface area contributed by atoms with E-state index in [0.29, 0.717) is 16.6 Å². The number of rotatable bonds is 6. The molecule has 26 heavy (non-hydrogen) atoms. The van der Waals surface area contributed by atoms with E-state index in [1.807, 2.05) is 48.7 Å². The Morgan fingerprint density at radius 1 is 1.15 bits per heavy atom. The van der Waals surface area contributed by atoms with Crippen LogP contribution in [0.4, 0.5) is 5.13 Å². The van der Waals surface area contributed by atoms with Crippen molar-refractivity contribution < 1.29 is 14.3 Å². The van der Waals surface area contributed by atoms with Gasteiger partial charge in [0.05, 0.1) is 12.8 Å². The van der Waals surface area contributed by atoms with Gasteiger partial charge in [-0.15, -0.1) is 11.3 Å². The highest BCUT2D eigenvalue weighted by atomic mass is 32.1. The molecule has 1 atom stereocenters. The summed E-state index contributed by atoms with van der Waals surface area (Å²) < 4.78 is 10.8. The largest absolute Gasteiger partial charge is 0.497 e. The Balaban J connectivity index is 1.63. The van der Waals surface area contributed by atoms with Crippen LogP contribution in [0.2, 0.25) is 0 Å². The molecular formula is C20H20N2O3S. The maximum Gasteiger partial charge on any atom is 0.266 e. The van der Waals surface area contributed by atoms with Crippen molar-refractivity contribution in [3.05, 3.63) is 59.5 Å². The standard InChI is InChI=1S/C20H20N2O3S/c1-13-7-9-15(10-8-13)18-12-26-20(21-18)22-19(23)14(2)25-17-6-4-5-16(11-17)24-3/h4-12,14H,1-3H3,(H,21,22,23).